The zero-order chi connectivity index (χ0) is 17.6. The molecule has 25 heavy (non-hydrogen) atoms. The normalized spacial score (nSPS) is 11.9. The van der Waals surface area contributed by atoms with Gasteiger partial charge in [0.05, 0.1) is 0 Å². The molecule has 0 saturated heterocycles. The molecule has 1 nitrogen and oxygen atoms in total. The highest BCUT2D eigenvalue weighted by Gasteiger charge is 2.13. The molecule has 0 bridgehead atoms. The van der Waals surface area contributed by atoms with E-state index in [-0.39, 0.29) is 5.78 Å². The van der Waals surface area contributed by atoms with Gasteiger partial charge in [-0.1, -0.05) is 92.7 Å². The molecule has 0 heterocycles. The van der Waals surface area contributed by atoms with E-state index in [0.717, 1.165) is 28.7 Å². The summed E-state index contributed by atoms with van der Waals surface area (Å²) in [5.41, 5.74) is 5.28. The van der Waals surface area contributed by atoms with Crippen LogP contribution in [0, 0.1) is 0 Å². The lowest BCUT2D eigenvalue weighted by Crippen LogP contribution is -2.06. The second-order valence-corrected chi connectivity index (χ2v) is 6.57. The van der Waals surface area contributed by atoms with Gasteiger partial charge in [-0.3, -0.25) is 4.79 Å². The van der Waals surface area contributed by atoms with E-state index in [1.54, 1.807) is 0 Å². The van der Waals surface area contributed by atoms with Gasteiger partial charge in [0, 0.05) is 12.0 Å². The number of Topliss-reactive ketones (excluding diaryl/α,β-unsaturated/α-hetero) is 1. The van der Waals surface area contributed by atoms with Gasteiger partial charge < -0.3 is 0 Å². The summed E-state index contributed by atoms with van der Waals surface area (Å²) in [5.74, 6) is 0.687. The zero-order valence-electron chi connectivity index (χ0n) is 14.9. The Balaban J connectivity index is 1.88. The maximum Gasteiger partial charge on any atom is 0.167 e. The summed E-state index contributed by atoms with van der Waals surface area (Å²) in [6.45, 7) is 4.42. The summed E-state index contributed by atoms with van der Waals surface area (Å²) in [6, 6.07) is 26.4. The number of hydrogen-bond acceptors (Lipinski definition) is 1. The summed E-state index contributed by atoms with van der Waals surface area (Å²) in [4.78, 5) is 13.0. The molecule has 0 N–H and O–H groups in total. The largest absolute Gasteiger partial charge is 0.294 e. The molecule has 1 atom stereocenters. The van der Waals surface area contributed by atoms with E-state index in [4.69, 9.17) is 0 Å². The fraction of sp³-hybridized carbons (Fsp3) is 0.208. The fourth-order valence-corrected chi connectivity index (χ4v) is 3.12. The first kappa shape index (κ1) is 17.2. The van der Waals surface area contributed by atoms with Crippen LogP contribution in [-0.4, -0.2) is 5.78 Å². The second-order valence-electron chi connectivity index (χ2n) is 6.57. The molecule has 1 unspecified atom stereocenters. The number of rotatable bonds is 6. The molecule has 3 aromatic rings. The topological polar surface area (TPSA) is 17.1 Å². The van der Waals surface area contributed by atoms with Crippen LogP contribution in [0.5, 0.6) is 0 Å². The van der Waals surface area contributed by atoms with Gasteiger partial charge in [-0.2, -0.15) is 0 Å². The van der Waals surface area contributed by atoms with Crippen molar-refractivity contribution < 1.29 is 4.79 Å². The monoisotopic (exact) mass is 328 g/mol. The summed E-state index contributed by atoms with van der Waals surface area (Å²) in [5, 5.41) is 0. The van der Waals surface area contributed by atoms with Crippen LogP contribution in [0.25, 0.3) is 11.1 Å². The summed E-state index contributed by atoms with van der Waals surface area (Å²) in [6.07, 6.45) is 1.54. The molecule has 0 saturated carbocycles. The average Bonchev–Trinajstić information content (AvgIpc) is 2.68. The first-order valence-corrected chi connectivity index (χ1v) is 8.95. The molecule has 0 aliphatic heterocycles. The van der Waals surface area contributed by atoms with Gasteiger partial charge in [0.25, 0.3) is 0 Å². The van der Waals surface area contributed by atoms with Crippen LogP contribution in [0.15, 0.2) is 78.9 Å². The third-order valence-corrected chi connectivity index (χ3v) is 4.81. The van der Waals surface area contributed by atoms with Crippen molar-refractivity contribution in [2.75, 3.05) is 0 Å². The smallest absolute Gasteiger partial charge is 0.167 e. The molecule has 0 radical (unpaired) electrons. The SMILES string of the molecule is CCC(C)c1cccc(CC(=O)c2ccccc2-c2ccccc2)c1. The third kappa shape index (κ3) is 4.06. The van der Waals surface area contributed by atoms with Crippen LogP contribution in [0.1, 0.15) is 47.7 Å². The first-order valence-electron chi connectivity index (χ1n) is 8.95. The number of carbonyl (C=O) groups is 1. The number of ketones is 1. The molecule has 0 fully saturated rings. The Morgan fingerprint density at radius 3 is 2.36 bits per heavy atom. The highest BCUT2D eigenvalue weighted by molar-refractivity contribution is 6.03. The minimum Gasteiger partial charge on any atom is -0.294 e. The third-order valence-electron chi connectivity index (χ3n) is 4.81. The molecule has 0 amide bonds. The molecule has 126 valence electrons. The van der Waals surface area contributed by atoms with Gasteiger partial charge in [0.15, 0.2) is 5.78 Å². The van der Waals surface area contributed by atoms with E-state index in [9.17, 15) is 4.79 Å². The van der Waals surface area contributed by atoms with E-state index in [2.05, 4.69) is 50.2 Å². The molecule has 3 aromatic carbocycles. The Hall–Kier alpha value is -2.67. The van der Waals surface area contributed by atoms with Gasteiger partial charge in [-0.15, -0.1) is 0 Å². The Morgan fingerprint density at radius 2 is 1.60 bits per heavy atom. The van der Waals surface area contributed by atoms with Gasteiger partial charge in [-0.25, -0.2) is 0 Å². The van der Waals surface area contributed by atoms with Crippen molar-refractivity contribution in [3.63, 3.8) is 0 Å². The van der Waals surface area contributed by atoms with Crippen LogP contribution in [-0.2, 0) is 6.42 Å². The van der Waals surface area contributed by atoms with Crippen LogP contribution < -0.4 is 0 Å². The lowest BCUT2D eigenvalue weighted by Gasteiger charge is -2.12. The van der Waals surface area contributed by atoms with E-state index < -0.39 is 0 Å². The minimum atomic E-state index is 0.167. The Morgan fingerprint density at radius 1 is 0.880 bits per heavy atom. The molecule has 0 spiro atoms. The zero-order valence-corrected chi connectivity index (χ0v) is 14.9. The van der Waals surface area contributed by atoms with Gasteiger partial charge in [0.2, 0.25) is 0 Å². The molecule has 0 aliphatic rings. The van der Waals surface area contributed by atoms with Crippen LogP contribution >= 0.6 is 0 Å². The van der Waals surface area contributed by atoms with E-state index >= 15 is 0 Å². The Labute approximate surface area is 150 Å². The van der Waals surface area contributed by atoms with E-state index in [1.165, 1.54) is 5.56 Å². The molecule has 0 aromatic heterocycles. The number of carbonyl (C=O) groups excluding carboxylic acids is 1. The predicted molar refractivity (Wildman–Crippen MR) is 105 cm³/mol. The Kier molecular flexibility index (Phi) is 5.45. The van der Waals surface area contributed by atoms with Crippen molar-refractivity contribution in [2.45, 2.75) is 32.6 Å². The highest BCUT2D eigenvalue weighted by atomic mass is 16.1. The van der Waals surface area contributed by atoms with Crippen molar-refractivity contribution in [1.82, 2.24) is 0 Å². The van der Waals surface area contributed by atoms with Crippen molar-refractivity contribution in [3.05, 3.63) is 95.6 Å². The average molecular weight is 328 g/mol. The van der Waals surface area contributed by atoms with Gasteiger partial charge >= 0.3 is 0 Å². The van der Waals surface area contributed by atoms with Crippen molar-refractivity contribution in [2.24, 2.45) is 0 Å². The molecule has 0 aliphatic carbocycles. The lowest BCUT2D eigenvalue weighted by atomic mass is 9.92. The number of hydrogen-bond donors (Lipinski definition) is 0. The first-order chi connectivity index (χ1) is 12.2. The summed E-state index contributed by atoms with van der Waals surface area (Å²) in [7, 11) is 0. The number of benzene rings is 3. The van der Waals surface area contributed by atoms with Gasteiger partial charge in [0.1, 0.15) is 0 Å². The second kappa shape index (κ2) is 7.94. The minimum absolute atomic E-state index is 0.167. The fourth-order valence-electron chi connectivity index (χ4n) is 3.12. The maximum atomic E-state index is 13.0. The Bertz CT molecular complexity index is 849. The highest BCUT2D eigenvalue weighted by Crippen LogP contribution is 2.25. The molecule has 3 rings (SSSR count). The predicted octanol–water partition coefficient (Wildman–Crippen LogP) is 6.29. The van der Waals surface area contributed by atoms with Crippen LogP contribution in [0.4, 0.5) is 0 Å². The van der Waals surface area contributed by atoms with Crippen molar-refractivity contribution >= 4 is 5.78 Å². The summed E-state index contributed by atoms with van der Waals surface area (Å²) >= 11 is 0. The van der Waals surface area contributed by atoms with Crippen LogP contribution in [0.3, 0.4) is 0 Å². The van der Waals surface area contributed by atoms with Crippen LogP contribution in [0.2, 0.25) is 0 Å². The van der Waals surface area contributed by atoms with Crippen molar-refractivity contribution in [1.29, 1.82) is 0 Å². The van der Waals surface area contributed by atoms with E-state index in [0.29, 0.717) is 12.3 Å². The van der Waals surface area contributed by atoms with Gasteiger partial charge in [-0.05, 0) is 34.6 Å². The van der Waals surface area contributed by atoms with Crippen molar-refractivity contribution in [3.8, 4) is 11.1 Å². The quantitative estimate of drug-likeness (QED) is 0.486. The molecular weight excluding hydrogens is 304 g/mol. The lowest BCUT2D eigenvalue weighted by molar-refractivity contribution is 0.0993. The molecular formula is C24H24O. The standard InChI is InChI=1S/C24H24O/c1-3-18(2)21-13-9-10-19(16-21)17-24(25)23-15-8-7-14-22(23)20-11-5-4-6-12-20/h4-16,18H,3,17H2,1-2H3. The molecule has 1 heteroatoms. The van der Waals surface area contributed by atoms with E-state index in [1.807, 2.05) is 42.5 Å². The summed E-state index contributed by atoms with van der Waals surface area (Å²) < 4.78 is 0. The maximum absolute atomic E-state index is 13.0.